The van der Waals surface area contributed by atoms with E-state index in [4.69, 9.17) is 9.47 Å². The van der Waals surface area contributed by atoms with E-state index >= 15 is 0 Å². The zero-order valence-electron chi connectivity index (χ0n) is 20.3. The predicted molar refractivity (Wildman–Crippen MR) is 135 cm³/mol. The second-order valence-corrected chi connectivity index (χ2v) is 9.09. The number of aromatic nitrogens is 1. The molecule has 174 valence electrons. The van der Waals surface area contributed by atoms with Crippen molar-refractivity contribution in [1.82, 2.24) is 0 Å². The van der Waals surface area contributed by atoms with Gasteiger partial charge in [-0.15, -0.1) is 0 Å². The highest BCUT2D eigenvalue weighted by Gasteiger charge is 2.27. The minimum absolute atomic E-state index is 0.302. The molecule has 4 heteroatoms. The molecule has 0 saturated carbocycles. The molecule has 0 aliphatic carbocycles. The SMILES string of the molecule is COC(=O)[C@H](CC(C)C)OC(c1ccccc1)c1ccc(-c2cc3ccccc3[n+](C)c2)cc1. The van der Waals surface area contributed by atoms with Crippen LogP contribution in [0.1, 0.15) is 37.5 Å². The van der Waals surface area contributed by atoms with Gasteiger partial charge in [-0.2, -0.15) is 0 Å². The molecule has 0 saturated heterocycles. The van der Waals surface area contributed by atoms with Crippen LogP contribution in [0.2, 0.25) is 0 Å². The van der Waals surface area contributed by atoms with Gasteiger partial charge in [0.1, 0.15) is 13.2 Å². The first kappa shape index (κ1) is 23.7. The lowest BCUT2D eigenvalue weighted by molar-refractivity contribution is -0.644. The third-order valence-corrected chi connectivity index (χ3v) is 6.06. The highest BCUT2D eigenvalue weighted by Crippen LogP contribution is 2.31. The topological polar surface area (TPSA) is 39.4 Å². The van der Waals surface area contributed by atoms with Crippen LogP contribution in [0.3, 0.4) is 0 Å². The summed E-state index contributed by atoms with van der Waals surface area (Å²) in [6.07, 6.45) is 1.75. The Morgan fingerprint density at radius 1 is 0.853 bits per heavy atom. The number of pyridine rings is 1. The van der Waals surface area contributed by atoms with Gasteiger partial charge in [0.25, 0.3) is 0 Å². The Morgan fingerprint density at radius 2 is 1.50 bits per heavy atom. The smallest absolute Gasteiger partial charge is 0.335 e. The summed E-state index contributed by atoms with van der Waals surface area (Å²) in [6.45, 7) is 4.16. The minimum atomic E-state index is -0.630. The van der Waals surface area contributed by atoms with E-state index in [-0.39, 0.29) is 12.1 Å². The number of rotatable bonds is 8. The molecule has 1 aromatic heterocycles. The Bertz CT molecular complexity index is 1250. The Morgan fingerprint density at radius 3 is 2.18 bits per heavy atom. The summed E-state index contributed by atoms with van der Waals surface area (Å²) in [6, 6.07) is 29.0. The first-order valence-electron chi connectivity index (χ1n) is 11.7. The maximum atomic E-state index is 12.5. The number of esters is 1. The molecule has 2 atom stereocenters. The summed E-state index contributed by atoms with van der Waals surface area (Å²) < 4.78 is 13.6. The van der Waals surface area contributed by atoms with Gasteiger partial charge >= 0.3 is 5.97 Å². The van der Waals surface area contributed by atoms with Crippen molar-refractivity contribution in [3.05, 3.63) is 102 Å². The zero-order chi connectivity index (χ0) is 24.1. The zero-order valence-corrected chi connectivity index (χ0v) is 20.3. The van der Waals surface area contributed by atoms with E-state index in [1.54, 1.807) is 0 Å². The Balaban J connectivity index is 1.68. The normalized spacial score (nSPS) is 13.1. The largest absolute Gasteiger partial charge is 0.467 e. The molecular formula is C30H32NO3+. The molecule has 34 heavy (non-hydrogen) atoms. The quantitative estimate of drug-likeness (QED) is 0.241. The molecule has 4 nitrogen and oxygen atoms in total. The van der Waals surface area contributed by atoms with E-state index in [0.717, 1.165) is 22.3 Å². The minimum Gasteiger partial charge on any atom is -0.467 e. The lowest BCUT2D eigenvalue weighted by Gasteiger charge is -2.25. The van der Waals surface area contributed by atoms with Crippen LogP contribution in [0.15, 0.2) is 91.1 Å². The van der Waals surface area contributed by atoms with E-state index in [9.17, 15) is 4.79 Å². The number of hydrogen-bond acceptors (Lipinski definition) is 3. The number of benzene rings is 3. The lowest BCUT2D eigenvalue weighted by atomic mass is 9.97. The van der Waals surface area contributed by atoms with Crippen LogP contribution in [-0.2, 0) is 21.3 Å². The van der Waals surface area contributed by atoms with E-state index < -0.39 is 6.10 Å². The van der Waals surface area contributed by atoms with Gasteiger partial charge in [0.05, 0.1) is 7.11 Å². The van der Waals surface area contributed by atoms with Gasteiger partial charge in [-0.05, 0) is 41.2 Å². The van der Waals surface area contributed by atoms with Crippen LogP contribution < -0.4 is 4.57 Å². The summed E-state index contributed by atoms with van der Waals surface area (Å²) >= 11 is 0. The summed E-state index contributed by atoms with van der Waals surface area (Å²) in [5.41, 5.74) is 5.47. The molecule has 1 heterocycles. The molecule has 0 N–H and O–H groups in total. The van der Waals surface area contributed by atoms with Gasteiger partial charge < -0.3 is 9.47 Å². The summed E-state index contributed by atoms with van der Waals surface area (Å²) in [7, 11) is 3.48. The second-order valence-electron chi connectivity index (χ2n) is 9.09. The third kappa shape index (κ3) is 5.35. The molecule has 0 bridgehead atoms. The monoisotopic (exact) mass is 454 g/mol. The number of hydrogen-bond donors (Lipinski definition) is 0. The van der Waals surface area contributed by atoms with Gasteiger partial charge in [-0.1, -0.05) is 80.6 Å². The first-order valence-corrected chi connectivity index (χ1v) is 11.7. The number of methoxy groups -OCH3 is 1. The predicted octanol–water partition coefficient (Wildman–Crippen LogP) is 6.03. The lowest BCUT2D eigenvalue weighted by Crippen LogP contribution is -2.29. The van der Waals surface area contributed by atoms with E-state index in [0.29, 0.717) is 12.3 Å². The van der Waals surface area contributed by atoms with Crippen LogP contribution in [0.25, 0.3) is 22.0 Å². The number of nitrogens with zero attached hydrogens (tertiary/aromatic N) is 1. The van der Waals surface area contributed by atoms with Gasteiger partial charge in [-0.25, -0.2) is 9.36 Å². The van der Waals surface area contributed by atoms with Gasteiger partial charge in [0.15, 0.2) is 12.3 Å². The van der Waals surface area contributed by atoms with E-state index in [1.807, 2.05) is 30.3 Å². The number of para-hydroxylation sites is 1. The van der Waals surface area contributed by atoms with Crippen molar-refractivity contribution in [3.8, 4) is 11.1 Å². The fourth-order valence-electron chi connectivity index (χ4n) is 4.33. The van der Waals surface area contributed by atoms with Gasteiger partial charge in [0.2, 0.25) is 5.52 Å². The molecule has 0 amide bonds. The number of carbonyl (C=O) groups excluding carboxylic acids is 1. The number of carbonyl (C=O) groups is 1. The molecule has 4 rings (SSSR count). The summed E-state index contributed by atoms with van der Waals surface area (Å²) in [5.74, 6) is -0.0357. The van der Waals surface area contributed by atoms with Crippen molar-refractivity contribution in [2.45, 2.75) is 32.5 Å². The van der Waals surface area contributed by atoms with Gasteiger partial charge in [0, 0.05) is 17.0 Å². The molecule has 0 spiro atoms. The number of ether oxygens (including phenoxy) is 2. The molecule has 0 fully saturated rings. The summed E-state index contributed by atoms with van der Waals surface area (Å²) in [5, 5.41) is 1.20. The Hall–Kier alpha value is -3.50. The van der Waals surface area contributed by atoms with Crippen LogP contribution in [0.4, 0.5) is 0 Å². The van der Waals surface area contributed by atoms with Crippen LogP contribution in [0.5, 0.6) is 0 Å². The average molecular weight is 455 g/mol. The Labute approximate surface area is 201 Å². The van der Waals surface area contributed by atoms with Gasteiger partial charge in [-0.3, -0.25) is 0 Å². The maximum Gasteiger partial charge on any atom is 0.335 e. The van der Waals surface area contributed by atoms with Crippen molar-refractivity contribution >= 4 is 16.9 Å². The average Bonchev–Trinajstić information content (AvgIpc) is 2.86. The standard InChI is InChI=1S/C30H32NO3/c1-21(2)18-28(30(32)33-4)34-29(23-10-6-5-7-11-23)24-16-14-22(15-17-24)26-19-25-12-8-9-13-27(25)31(3)20-26/h5-17,19-21,28-29H,18H2,1-4H3/q+1/t28-,29?/m0/s1. The molecule has 1 unspecified atom stereocenters. The van der Waals surface area contributed by atoms with Crippen molar-refractivity contribution < 1.29 is 18.8 Å². The van der Waals surface area contributed by atoms with Crippen LogP contribution in [-0.4, -0.2) is 19.2 Å². The van der Waals surface area contributed by atoms with Crippen molar-refractivity contribution in [1.29, 1.82) is 0 Å². The fourth-order valence-corrected chi connectivity index (χ4v) is 4.33. The molecule has 0 aliphatic heterocycles. The first-order chi connectivity index (χ1) is 16.5. The molecular weight excluding hydrogens is 422 g/mol. The van der Waals surface area contributed by atoms with Crippen molar-refractivity contribution in [2.24, 2.45) is 13.0 Å². The van der Waals surface area contributed by atoms with E-state index in [2.05, 4.69) is 86.3 Å². The third-order valence-electron chi connectivity index (χ3n) is 6.06. The number of aryl methyl sites for hydroxylation is 1. The van der Waals surface area contributed by atoms with Crippen molar-refractivity contribution in [2.75, 3.05) is 7.11 Å². The number of fused-ring (bicyclic) bond motifs is 1. The van der Waals surface area contributed by atoms with E-state index in [1.165, 1.54) is 18.0 Å². The highest BCUT2D eigenvalue weighted by atomic mass is 16.6. The molecule has 4 aromatic rings. The highest BCUT2D eigenvalue weighted by molar-refractivity contribution is 5.80. The van der Waals surface area contributed by atoms with Crippen LogP contribution >= 0.6 is 0 Å². The van der Waals surface area contributed by atoms with Crippen molar-refractivity contribution in [3.63, 3.8) is 0 Å². The maximum absolute atomic E-state index is 12.5. The molecule has 0 aliphatic rings. The second kappa shape index (κ2) is 10.6. The molecule has 3 aromatic carbocycles. The summed E-state index contributed by atoms with van der Waals surface area (Å²) in [4.78, 5) is 12.5. The van der Waals surface area contributed by atoms with Crippen LogP contribution in [0, 0.1) is 5.92 Å². The molecule has 0 radical (unpaired) electrons. The Kier molecular flexibility index (Phi) is 7.39. The fraction of sp³-hybridized carbons (Fsp3) is 0.267.